The molecule has 20 heavy (non-hydrogen) atoms. The highest BCUT2D eigenvalue weighted by Gasteiger charge is 2.20. The molecule has 1 atom stereocenters. The predicted octanol–water partition coefficient (Wildman–Crippen LogP) is 4.21. The molecule has 2 aromatic carbocycles. The summed E-state index contributed by atoms with van der Waals surface area (Å²) in [6.07, 6.45) is 0. The molecule has 0 fully saturated rings. The molecular formula is C16H17BrFNO. The second kappa shape index (κ2) is 6.37. The molecule has 0 aliphatic heterocycles. The first-order chi connectivity index (χ1) is 9.58. The number of methoxy groups -OCH3 is 1. The summed E-state index contributed by atoms with van der Waals surface area (Å²) >= 11 is 3.23. The Bertz CT molecular complexity index is 615. The van der Waals surface area contributed by atoms with Crippen LogP contribution in [0.5, 0.6) is 5.75 Å². The molecule has 0 amide bonds. The van der Waals surface area contributed by atoms with Crippen molar-refractivity contribution in [3.8, 4) is 5.75 Å². The van der Waals surface area contributed by atoms with Gasteiger partial charge in [0.15, 0.2) is 0 Å². The van der Waals surface area contributed by atoms with Crippen LogP contribution in [0.1, 0.15) is 22.7 Å². The van der Waals surface area contributed by atoms with Gasteiger partial charge in [-0.3, -0.25) is 0 Å². The summed E-state index contributed by atoms with van der Waals surface area (Å²) < 4.78 is 20.2. The van der Waals surface area contributed by atoms with Gasteiger partial charge in [-0.2, -0.15) is 0 Å². The monoisotopic (exact) mass is 337 g/mol. The van der Waals surface area contributed by atoms with Gasteiger partial charge in [0, 0.05) is 11.1 Å². The highest BCUT2D eigenvalue weighted by Crippen LogP contribution is 2.33. The predicted molar refractivity (Wildman–Crippen MR) is 82.7 cm³/mol. The summed E-state index contributed by atoms with van der Waals surface area (Å²) in [7, 11) is 3.44. The standard InChI is InChI=1S/C16H17BrFNO/c1-10-7-8-11(14(9-10)20-3)16(19-2)12-5-4-6-13(17)15(12)18/h4-9,16,19H,1-3H3. The van der Waals surface area contributed by atoms with Gasteiger partial charge in [-0.1, -0.05) is 24.3 Å². The molecule has 0 aliphatic rings. The Morgan fingerprint density at radius 2 is 1.95 bits per heavy atom. The van der Waals surface area contributed by atoms with Gasteiger partial charge in [0.1, 0.15) is 11.6 Å². The Balaban J connectivity index is 2.55. The van der Waals surface area contributed by atoms with Gasteiger partial charge < -0.3 is 10.1 Å². The third-order valence-corrected chi connectivity index (χ3v) is 3.89. The lowest BCUT2D eigenvalue weighted by Crippen LogP contribution is -2.20. The number of halogens is 2. The van der Waals surface area contributed by atoms with Crippen molar-refractivity contribution in [2.75, 3.05) is 14.2 Å². The van der Waals surface area contributed by atoms with Gasteiger partial charge in [0.2, 0.25) is 0 Å². The number of aryl methyl sites for hydroxylation is 1. The molecule has 1 N–H and O–H groups in total. The van der Waals surface area contributed by atoms with E-state index in [1.54, 1.807) is 19.2 Å². The molecule has 2 rings (SSSR count). The van der Waals surface area contributed by atoms with E-state index in [2.05, 4.69) is 21.2 Å². The molecule has 0 bridgehead atoms. The second-order valence-corrected chi connectivity index (χ2v) is 5.46. The minimum Gasteiger partial charge on any atom is -0.496 e. The highest BCUT2D eigenvalue weighted by molar-refractivity contribution is 9.10. The zero-order valence-corrected chi connectivity index (χ0v) is 13.3. The van der Waals surface area contributed by atoms with Crippen molar-refractivity contribution in [3.05, 3.63) is 63.4 Å². The summed E-state index contributed by atoms with van der Waals surface area (Å²) in [5, 5.41) is 3.16. The van der Waals surface area contributed by atoms with Crippen molar-refractivity contribution >= 4 is 15.9 Å². The Hall–Kier alpha value is -1.39. The molecule has 0 saturated heterocycles. The summed E-state index contributed by atoms with van der Waals surface area (Å²) in [6, 6.07) is 11.0. The number of nitrogens with one attached hydrogen (secondary N) is 1. The third-order valence-electron chi connectivity index (χ3n) is 3.28. The van der Waals surface area contributed by atoms with Crippen molar-refractivity contribution in [2.24, 2.45) is 0 Å². The van der Waals surface area contributed by atoms with Crippen LogP contribution in [0.4, 0.5) is 4.39 Å². The van der Waals surface area contributed by atoms with E-state index in [0.29, 0.717) is 10.0 Å². The van der Waals surface area contributed by atoms with Crippen LogP contribution in [0.15, 0.2) is 40.9 Å². The zero-order chi connectivity index (χ0) is 14.7. The van der Waals surface area contributed by atoms with Crippen LogP contribution in [0, 0.1) is 12.7 Å². The summed E-state index contributed by atoms with van der Waals surface area (Å²) in [5.41, 5.74) is 2.61. The van der Waals surface area contributed by atoms with E-state index in [4.69, 9.17) is 4.74 Å². The average molecular weight is 338 g/mol. The largest absolute Gasteiger partial charge is 0.496 e. The third kappa shape index (κ3) is 2.86. The summed E-state index contributed by atoms with van der Waals surface area (Å²) in [5.74, 6) is 0.498. The Kier molecular flexibility index (Phi) is 4.78. The molecule has 0 heterocycles. The van der Waals surface area contributed by atoms with E-state index in [9.17, 15) is 4.39 Å². The first kappa shape index (κ1) is 15.0. The average Bonchev–Trinajstić information content (AvgIpc) is 2.45. The van der Waals surface area contributed by atoms with Crippen molar-refractivity contribution in [3.63, 3.8) is 0 Å². The van der Waals surface area contributed by atoms with Gasteiger partial charge in [0.25, 0.3) is 0 Å². The SMILES string of the molecule is CNC(c1ccc(C)cc1OC)c1cccc(Br)c1F. The number of hydrogen-bond acceptors (Lipinski definition) is 2. The topological polar surface area (TPSA) is 21.3 Å². The lowest BCUT2D eigenvalue weighted by molar-refractivity contribution is 0.404. The molecule has 2 nitrogen and oxygen atoms in total. The molecule has 1 unspecified atom stereocenters. The normalized spacial score (nSPS) is 12.2. The van der Waals surface area contributed by atoms with Crippen molar-refractivity contribution in [2.45, 2.75) is 13.0 Å². The maximum absolute atomic E-state index is 14.3. The number of rotatable bonds is 4. The van der Waals surface area contributed by atoms with Gasteiger partial charge in [-0.15, -0.1) is 0 Å². The molecular weight excluding hydrogens is 321 g/mol. The molecule has 0 aliphatic carbocycles. The molecule has 0 radical (unpaired) electrons. The Labute approximate surface area is 127 Å². The van der Waals surface area contributed by atoms with Crippen LogP contribution in [-0.2, 0) is 0 Å². The maximum atomic E-state index is 14.3. The van der Waals surface area contributed by atoms with Crippen LogP contribution in [0.25, 0.3) is 0 Å². The van der Waals surface area contributed by atoms with Gasteiger partial charge in [0.05, 0.1) is 17.6 Å². The van der Waals surface area contributed by atoms with Crippen molar-refractivity contribution < 1.29 is 9.13 Å². The molecule has 0 spiro atoms. The Morgan fingerprint density at radius 1 is 1.20 bits per heavy atom. The fourth-order valence-electron chi connectivity index (χ4n) is 2.28. The van der Waals surface area contributed by atoms with Crippen molar-refractivity contribution in [1.82, 2.24) is 5.32 Å². The van der Waals surface area contributed by atoms with E-state index in [-0.39, 0.29) is 11.9 Å². The molecule has 2 aromatic rings. The van der Waals surface area contributed by atoms with Crippen molar-refractivity contribution in [1.29, 1.82) is 0 Å². The molecule has 0 aromatic heterocycles. The van der Waals surface area contributed by atoms with Gasteiger partial charge in [-0.05, 0) is 47.6 Å². The van der Waals surface area contributed by atoms with Gasteiger partial charge in [-0.25, -0.2) is 4.39 Å². The molecule has 4 heteroatoms. The minimum atomic E-state index is -0.261. The van der Waals surface area contributed by atoms with Crippen LogP contribution < -0.4 is 10.1 Å². The van der Waals surface area contributed by atoms with Crippen LogP contribution in [0.2, 0.25) is 0 Å². The highest BCUT2D eigenvalue weighted by atomic mass is 79.9. The van der Waals surface area contributed by atoms with Crippen LogP contribution in [-0.4, -0.2) is 14.2 Å². The zero-order valence-electron chi connectivity index (χ0n) is 11.7. The molecule has 0 saturated carbocycles. The number of hydrogen-bond donors (Lipinski definition) is 1. The first-order valence-corrected chi connectivity index (χ1v) is 7.13. The van der Waals surface area contributed by atoms with E-state index in [0.717, 1.165) is 16.9 Å². The quantitative estimate of drug-likeness (QED) is 0.902. The van der Waals surface area contributed by atoms with Crippen LogP contribution in [0.3, 0.4) is 0 Å². The number of benzene rings is 2. The van der Waals surface area contributed by atoms with Gasteiger partial charge >= 0.3 is 0 Å². The smallest absolute Gasteiger partial charge is 0.142 e. The minimum absolute atomic E-state index is 0.255. The van der Waals surface area contributed by atoms with E-state index >= 15 is 0 Å². The lowest BCUT2D eigenvalue weighted by atomic mass is 9.96. The maximum Gasteiger partial charge on any atom is 0.142 e. The molecule has 106 valence electrons. The van der Waals surface area contributed by atoms with E-state index < -0.39 is 0 Å². The number of ether oxygens (including phenoxy) is 1. The fourth-order valence-corrected chi connectivity index (χ4v) is 2.66. The summed E-state index contributed by atoms with van der Waals surface area (Å²) in [6.45, 7) is 2.00. The second-order valence-electron chi connectivity index (χ2n) is 4.61. The Morgan fingerprint density at radius 3 is 2.60 bits per heavy atom. The van der Waals surface area contributed by atoms with E-state index in [1.165, 1.54) is 0 Å². The fraction of sp³-hybridized carbons (Fsp3) is 0.250. The van der Waals surface area contributed by atoms with Crippen LogP contribution >= 0.6 is 15.9 Å². The van der Waals surface area contributed by atoms with E-state index in [1.807, 2.05) is 38.2 Å². The first-order valence-electron chi connectivity index (χ1n) is 6.34. The summed E-state index contributed by atoms with van der Waals surface area (Å²) in [4.78, 5) is 0. The lowest BCUT2D eigenvalue weighted by Gasteiger charge is -2.21.